The van der Waals surface area contributed by atoms with Crippen LogP contribution in [0.1, 0.15) is 29.0 Å². The molecule has 1 saturated heterocycles. The summed E-state index contributed by atoms with van der Waals surface area (Å²) < 4.78 is 0. The van der Waals surface area contributed by atoms with Crippen molar-refractivity contribution in [3.63, 3.8) is 0 Å². The molecule has 0 bridgehead atoms. The van der Waals surface area contributed by atoms with Gasteiger partial charge < -0.3 is 5.32 Å². The average molecular weight is 189 g/mol. The zero-order valence-corrected chi connectivity index (χ0v) is 8.63. The lowest BCUT2D eigenvalue weighted by molar-refractivity contribution is -0.120. The van der Waals surface area contributed by atoms with Gasteiger partial charge in [0.2, 0.25) is 5.91 Å². The molecular formula is C12H15NO. The van der Waals surface area contributed by atoms with Crippen molar-refractivity contribution in [2.24, 2.45) is 0 Å². The van der Waals surface area contributed by atoms with Gasteiger partial charge in [0.05, 0.1) is 5.92 Å². The van der Waals surface area contributed by atoms with Crippen LogP contribution in [0.2, 0.25) is 0 Å². The van der Waals surface area contributed by atoms with Crippen LogP contribution in [0.25, 0.3) is 0 Å². The molecule has 1 atom stereocenters. The molecule has 1 N–H and O–H groups in total. The van der Waals surface area contributed by atoms with Gasteiger partial charge in [-0.3, -0.25) is 4.79 Å². The van der Waals surface area contributed by atoms with Gasteiger partial charge in [-0.25, -0.2) is 0 Å². The minimum absolute atomic E-state index is 0.0786. The Morgan fingerprint density at radius 2 is 2.14 bits per heavy atom. The molecule has 1 aliphatic rings. The van der Waals surface area contributed by atoms with Crippen LogP contribution >= 0.6 is 0 Å². The number of aryl methyl sites for hydroxylation is 2. The van der Waals surface area contributed by atoms with Gasteiger partial charge in [0, 0.05) is 6.54 Å². The van der Waals surface area contributed by atoms with E-state index in [2.05, 4.69) is 37.4 Å². The molecular weight excluding hydrogens is 174 g/mol. The molecule has 1 aliphatic heterocycles. The number of amides is 1. The molecule has 0 unspecified atom stereocenters. The second-order valence-electron chi connectivity index (χ2n) is 3.99. The van der Waals surface area contributed by atoms with Crippen LogP contribution in [-0.4, -0.2) is 12.5 Å². The average Bonchev–Trinajstić information content (AvgIpc) is 2.56. The molecule has 2 heteroatoms. The molecule has 1 fully saturated rings. The Bertz CT molecular complexity index is 371. The van der Waals surface area contributed by atoms with E-state index in [4.69, 9.17) is 0 Å². The minimum atomic E-state index is 0.0786. The van der Waals surface area contributed by atoms with Crippen LogP contribution in [-0.2, 0) is 4.79 Å². The van der Waals surface area contributed by atoms with E-state index >= 15 is 0 Å². The minimum Gasteiger partial charge on any atom is -0.356 e. The van der Waals surface area contributed by atoms with Crippen LogP contribution in [0.15, 0.2) is 18.2 Å². The summed E-state index contributed by atoms with van der Waals surface area (Å²) >= 11 is 0. The Hall–Kier alpha value is -1.31. The predicted octanol–water partition coefficient (Wildman–Crippen LogP) is 1.91. The Kier molecular flexibility index (Phi) is 2.28. The van der Waals surface area contributed by atoms with Crippen LogP contribution < -0.4 is 5.32 Å². The van der Waals surface area contributed by atoms with E-state index in [0.717, 1.165) is 13.0 Å². The summed E-state index contributed by atoms with van der Waals surface area (Å²) in [5.41, 5.74) is 3.64. The fourth-order valence-corrected chi connectivity index (χ4v) is 2.03. The topological polar surface area (TPSA) is 29.1 Å². The van der Waals surface area contributed by atoms with Gasteiger partial charge in [-0.15, -0.1) is 0 Å². The Labute approximate surface area is 84.3 Å². The lowest BCUT2D eigenvalue weighted by Gasteiger charge is -2.11. The van der Waals surface area contributed by atoms with Crippen LogP contribution in [0.3, 0.4) is 0 Å². The van der Waals surface area contributed by atoms with E-state index in [-0.39, 0.29) is 11.8 Å². The number of benzene rings is 1. The van der Waals surface area contributed by atoms with Gasteiger partial charge in [0.25, 0.3) is 0 Å². The summed E-state index contributed by atoms with van der Waals surface area (Å²) in [6, 6.07) is 6.31. The highest BCUT2D eigenvalue weighted by atomic mass is 16.2. The summed E-state index contributed by atoms with van der Waals surface area (Å²) in [4.78, 5) is 11.5. The van der Waals surface area contributed by atoms with Gasteiger partial charge in [0.15, 0.2) is 0 Å². The molecule has 1 amide bonds. The normalized spacial score (nSPS) is 21.0. The molecule has 0 radical (unpaired) electrons. The first-order valence-corrected chi connectivity index (χ1v) is 5.03. The molecule has 0 aromatic heterocycles. The second kappa shape index (κ2) is 3.45. The van der Waals surface area contributed by atoms with E-state index in [0.29, 0.717) is 0 Å². The Balaban J connectivity index is 2.39. The first kappa shape index (κ1) is 9.25. The van der Waals surface area contributed by atoms with E-state index in [9.17, 15) is 4.79 Å². The number of carbonyl (C=O) groups excluding carboxylic acids is 1. The molecule has 1 aromatic carbocycles. The third-order valence-electron chi connectivity index (χ3n) is 2.86. The highest BCUT2D eigenvalue weighted by Crippen LogP contribution is 2.26. The molecule has 0 spiro atoms. The Morgan fingerprint density at radius 1 is 1.36 bits per heavy atom. The number of rotatable bonds is 1. The molecule has 2 rings (SSSR count). The molecule has 74 valence electrons. The van der Waals surface area contributed by atoms with E-state index in [1.165, 1.54) is 16.7 Å². The van der Waals surface area contributed by atoms with Crippen molar-refractivity contribution in [2.75, 3.05) is 6.54 Å². The second-order valence-corrected chi connectivity index (χ2v) is 3.99. The maximum absolute atomic E-state index is 11.5. The number of nitrogens with one attached hydrogen (secondary N) is 1. The summed E-state index contributed by atoms with van der Waals surface area (Å²) in [7, 11) is 0. The SMILES string of the molecule is Cc1ccc(C)c([C@@H]2CCNC2=O)c1. The van der Waals surface area contributed by atoms with Crippen LogP contribution in [0.5, 0.6) is 0 Å². The van der Waals surface area contributed by atoms with Gasteiger partial charge in [-0.1, -0.05) is 23.8 Å². The molecule has 1 heterocycles. The van der Waals surface area contributed by atoms with Crippen LogP contribution in [0.4, 0.5) is 0 Å². The van der Waals surface area contributed by atoms with Gasteiger partial charge in [0.1, 0.15) is 0 Å². The predicted molar refractivity (Wildman–Crippen MR) is 56.3 cm³/mol. The molecule has 2 nitrogen and oxygen atoms in total. The highest BCUT2D eigenvalue weighted by Gasteiger charge is 2.26. The van der Waals surface area contributed by atoms with Crippen molar-refractivity contribution in [1.29, 1.82) is 0 Å². The maximum Gasteiger partial charge on any atom is 0.227 e. The quantitative estimate of drug-likeness (QED) is 0.718. The zero-order chi connectivity index (χ0) is 10.1. The van der Waals surface area contributed by atoms with E-state index in [1.54, 1.807) is 0 Å². The zero-order valence-electron chi connectivity index (χ0n) is 8.63. The van der Waals surface area contributed by atoms with Crippen molar-refractivity contribution in [1.82, 2.24) is 5.32 Å². The smallest absolute Gasteiger partial charge is 0.227 e. The first-order valence-electron chi connectivity index (χ1n) is 5.03. The summed E-state index contributed by atoms with van der Waals surface area (Å²) in [5, 5.41) is 2.88. The Morgan fingerprint density at radius 3 is 2.79 bits per heavy atom. The van der Waals surface area contributed by atoms with Crippen molar-refractivity contribution in [3.05, 3.63) is 34.9 Å². The monoisotopic (exact) mass is 189 g/mol. The van der Waals surface area contributed by atoms with E-state index < -0.39 is 0 Å². The van der Waals surface area contributed by atoms with Crippen molar-refractivity contribution < 1.29 is 4.79 Å². The molecule has 0 saturated carbocycles. The fraction of sp³-hybridized carbons (Fsp3) is 0.417. The number of hydrogen-bond acceptors (Lipinski definition) is 1. The third kappa shape index (κ3) is 1.52. The standard InChI is InChI=1S/C12H15NO/c1-8-3-4-9(2)11(7-8)10-5-6-13-12(10)14/h3-4,7,10H,5-6H2,1-2H3,(H,13,14)/t10-/m0/s1. The largest absolute Gasteiger partial charge is 0.356 e. The molecule has 0 aliphatic carbocycles. The summed E-state index contributed by atoms with van der Waals surface area (Å²) in [5.74, 6) is 0.258. The summed E-state index contributed by atoms with van der Waals surface area (Å²) in [6.07, 6.45) is 0.934. The fourth-order valence-electron chi connectivity index (χ4n) is 2.03. The van der Waals surface area contributed by atoms with Crippen LogP contribution in [0, 0.1) is 13.8 Å². The highest BCUT2D eigenvalue weighted by molar-refractivity contribution is 5.86. The lowest BCUT2D eigenvalue weighted by Crippen LogP contribution is -2.18. The first-order chi connectivity index (χ1) is 6.68. The van der Waals surface area contributed by atoms with E-state index in [1.807, 2.05) is 0 Å². The third-order valence-corrected chi connectivity index (χ3v) is 2.86. The van der Waals surface area contributed by atoms with Crippen molar-refractivity contribution in [2.45, 2.75) is 26.2 Å². The van der Waals surface area contributed by atoms with Crippen molar-refractivity contribution in [3.8, 4) is 0 Å². The van der Waals surface area contributed by atoms with Gasteiger partial charge >= 0.3 is 0 Å². The maximum atomic E-state index is 11.5. The van der Waals surface area contributed by atoms with Crippen molar-refractivity contribution >= 4 is 5.91 Å². The molecule has 14 heavy (non-hydrogen) atoms. The lowest BCUT2D eigenvalue weighted by atomic mass is 9.92. The number of hydrogen-bond donors (Lipinski definition) is 1. The summed E-state index contributed by atoms with van der Waals surface area (Å²) in [6.45, 7) is 4.95. The van der Waals surface area contributed by atoms with Gasteiger partial charge in [-0.2, -0.15) is 0 Å². The number of carbonyl (C=O) groups is 1. The molecule has 1 aromatic rings. The van der Waals surface area contributed by atoms with Gasteiger partial charge in [-0.05, 0) is 31.4 Å².